The molecule has 5 N–H and O–H groups in total. The Kier molecular flexibility index (Phi) is 5.84. The highest BCUT2D eigenvalue weighted by Gasteiger charge is 2.11. The van der Waals surface area contributed by atoms with E-state index in [2.05, 4.69) is 5.32 Å². The van der Waals surface area contributed by atoms with Crippen LogP contribution < -0.4 is 21.5 Å². The molecule has 0 spiro atoms. The molecule has 0 saturated heterocycles. The number of amides is 3. The Bertz CT molecular complexity index is 803. The lowest BCUT2D eigenvalue weighted by Gasteiger charge is -2.10. The molecule has 2 aromatic carbocycles. The fourth-order valence-corrected chi connectivity index (χ4v) is 2.45. The van der Waals surface area contributed by atoms with Gasteiger partial charge < -0.3 is 21.5 Å². The van der Waals surface area contributed by atoms with E-state index < -0.39 is 17.7 Å². The second-order valence-corrected chi connectivity index (χ2v) is 5.84. The molecule has 9 heteroatoms. The Morgan fingerprint density at radius 3 is 1.88 bits per heavy atom. The summed E-state index contributed by atoms with van der Waals surface area (Å²) in [5.41, 5.74) is 10.6. The zero-order valence-electron chi connectivity index (χ0n) is 12.7. The van der Waals surface area contributed by atoms with Crippen LogP contribution in [0, 0.1) is 0 Å². The van der Waals surface area contributed by atoms with Crippen LogP contribution in [0.5, 0.6) is 5.75 Å². The zero-order valence-corrected chi connectivity index (χ0v) is 14.2. The molecular formula is C16H13Cl2N3O4. The lowest BCUT2D eigenvalue weighted by Crippen LogP contribution is -2.22. The minimum Gasteiger partial charge on any atom is -0.484 e. The number of carbonyl (C=O) groups excluding carboxylic acids is 3. The lowest BCUT2D eigenvalue weighted by atomic mass is 10.1. The fourth-order valence-electron chi connectivity index (χ4n) is 1.94. The number of primary amides is 2. The Hall–Kier alpha value is -2.77. The Morgan fingerprint density at radius 2 is 1.40 bits per heavy atom. The SMILES string of the molecule is NC(=O)c1cc(NC(=O)COc2cc(Cl)cc(Cl)c2)cc(C(N)=O)c1. The number of rotatable bonds is 6. The Balaban J connectivity index is 2.09. The maximum Gasteiger partial charge on any atom is 0.262 e. The number of nitrogens with one attached hydrogen (secondary N) is 1. The van der Waals surface area contributed by atoms with Gasteiger partial charge in [-0.1, -0.05) is 23.2 Å². The lowest BCUT2D eigenvalue weighted by molar-refractivity contribution is -0.118. The summed E-state index contributed by atoms with van der Waals surface area (Å²) in [6, 6.07) is 8.41. The molecule has 0 aromatic heterocycles. The third-order valence-corrected chi connectivity index (χ3v) is 3.43. The summed E-state index contributed by atoms with van der Waals surface area (Å²) >= 11 is 11.7. The van der Waals surface area contributed by atoms with Crippen molar-refractivity contribution in [3.05, 3.63) is 57.6 Å². The molecule has 0 bridgehead atoms. The Morgan fingerprint density at radius 1 is 0.880 bits per heavy atom. The second-order valence-electron chi connectivity index (χ2n) is 4.97. The van der Waals surface area contributed by atoms with Crippen molar-refractivity contribution in [2.24, 2.45) is 11.5 Å². The molecule has 7 nitrogen and oxygen atoms in total. The van der Waals surface area contributed by atoms with Crippen LogP contribution in [-0.2, 0) is 4.79 Å². The van der Waals surface area contributed by atoms with E-state index in [4.69, 9.17) is 39.4 Å². The van der Waals surface area contributed by atoms with Crippen molar-refractivity contribution in [3.8, 4) is 5.75 Å². The van der Waals surface area contributed by atoms with Gasteiger partial charge in [0.25, 0.3) is 5.91 Å². The average molecular weight is 382 g/mol. The summed E-state index contributed by atoms with van der Waals surface area (Å²) in [5, 5.41) is 3.21. The highest BCUT2D eigenvalue weighted by atomic mass is 35.5. The van der Waals surface area contributed by atoms with Crippen molar-refractivity contribution in [1.29, 1.82) is 0 Å². The van der Waals surface area contributed by atoms with E-state index >= 15 is 0 Å². The summed E-state index contributed by atoms with van der Waals surface area (Å²) in [5.74, 6) is -1.74. The monoisotopic (exact) mass is 381 g/mol. The molecule has 0 fully saturated rings. The smallest absolute Gasteiger partial charge is 0.262 e. The molecular weight excluding hydrogens is 369 g/mol. The molecule has 0 aliphatic rings. The van der Waals surface area contributed by atoms with Crippen molar-refractivity contribution < 1.29 is 19.1 Å². The highest BCUT2D eigenvalue weighted by molar-refractivity contribution is 6.34. The summed E-state index contributed by atoms with van der Waals surface area (Å²) in [7, 11) is 0. The molecule has 0 aliphatic heterocycles. The molecule has 0 unspecified atom stereocenters. The number of halogens is 2. The second kappa shape index (κ2) is 7.87. The van der Waals surface area contributed by atoms with Crippen LogP contribution in [0.25, 0.3) is 0 Å². The van der Waals surface area contributed by atoms with Crippen LogP contribution in [0.4, 0.5) is 5.69 Å². The first kappa shape index (κ1) is 18.6. The summed E-state index contributed by atoms with van der Waals surface area (Å²) in [4.78, 5) is 34.6. The maximum atomic E-state index is 12.0. The van der Waals surface area contributed by atoms with E-state index in [1.54, 1.807) is 0 Å². The van der Waals surface area contributed by atoms with Gasteiger partial charge in [0.1, 0.15) is 5.75 Å². The summed E-state index contributed by atoms with van der Waals surface area (Å²) in [6.45, 7) is -0.344. The first-order chi connectivity index (χ1) is 11.7. The van der Waals surface area contributed by atoms with E-state index in [0.29, 0.717) is 15.8 Å². The van der Waals surface area contributed by atoms with Gasteiger partial charge in [0.2, 0.25) is 11.8 Å². The fraction of sp³-hybridized carbons (Fsp3) is 0.0625. The van der Waals surface area contributed by atoms with Crippen LogP contribution in [-0.4, -0.2) is 24.3 Å². The Labute approximate surface area is 152 Å². The van der Waals surface area contributed by atoms with Gasteiger partial charge in [0.15, 0.2) is 6.61 Å². The highest BCUT2D eigenvalue weighted by Crippen LogP contribution is 2.24. The number of hydrogen-bond acceptors (Lipinski definition) is 4. The van der Waals surface area contributed by atoms with Gasteiger partial charge in [0.05, 0.1) is 0 Å². The molecule has 130 valence electrons. The quantitative estimate of drug-likeness (QED) is 0.708. The van der Waals surface area contributed by atoms with Gasteiger partial charge in [-0.25, -0.2) is 0 Å². The third-order valence-electron chi connectivity index (χ3n) is 2.99. The number of ether oxygens (including phenoxy) is 1. The molecule has 2 rings (SSSR count). The van der Waals surface area contributed by atoms with E-state index in [0.717, 1.165) is 0 Å². The number of hydrogen-bond donors (Lipinski definition) is 3. The van der Waals surface area contributed by atoms with Crippen LogP contribution in [0.15, 0.2) is 36.4 Å². The largest absolute Gasteiger partial charge is 0.484 e. The van der Waals surface area contributed by atoms with Crippen LogP contribution in [0.1, 0.15) is 20.7 Å². The van der Waals surface area contributed by atoms with Crippen LogP contribution >= 0.6 is 23.2 Å². The van der Waals surface area contributed by atoms with Gasteiger partial charge in [-0.15, -0.1) is 0 Å². The van der Waals surface area contributed by atoms with E-state index in [9.17, 15) is 14.4 Å². The molecule has 2 aromatic rings. The van der Waals surface area contributed by atoms with E-state index in [1.165, 1.54) is 36.4 Å². The van der Waals surface area contributed by atoms with Crippen molar-refractivity contribution >= 4 is 46.6 Å². The minimum absolute atomic E-state index is 0.0362. The standard InChI is InChI=1S/C16H13Cl2N3O4/c17-10-4-11(18)6-13(5-10)25-7-14(22)21-12-2-8(15(19)23)1-9(3-12)16(20)24/h1-6H,7H2,(H2,19,23)(H2,20,24)(H,21,22). The van der Waals surface area contributed by atoms with Crippen molar-refractivity contribution in [1.82, 2.24) is 0 Å². The predicted molar refractivity (Wildman–Crippen MR) is 94.1 cm³/mol. The predicted octanol–water partition coefficient (Wildman–Crippen LogP) is 2.21. The molecule has 0 heterocycles. The average Bonchev–Trinajstić information content (AvgIpc) is 2.51. The molecule has 3 amide bonds. The number of nitrogens with two attached hydrogens (primary N) is 2. The first-order valence-electron chi connectivity index (χ1n) is 6.88. The van der Waals surface area contributed by atoms with Gasteiger partial charge in [-0.2, -0.15) is 0 Å². The molecule has 25 heavy (non-hydrogen) atoms. The molecule has 0 saturated carbocycles. The molecule has 0 atom stereocenters. The number of carbonyl (C=O) groups is 3. The summed E-state index contributed by atoms with van der Waals surface area (Å²) < 4.78 is 5.29. The first-order valence-corrected chi connectivity index (χ1v) is 7.63. The van der Waals surface area contributed by atoms with Gasteiger partial charge in [0, 0.05) is 26.9 Å². The van der Waals surface area contributed by atoms with Crippen LogP contribution in [0.2, 0.25) is 10.0 Å². The maximum absolute atomic E-state index is 12.0. The normalized spacial score (nSPS) is 10.2. The van der Waals surface area contributed by atoms with Gasteiger partial charge >= 0.3 is 0 Å². The van der Waals surface area contributed by atoms with Crippen molar-refractivity contribution in [2.75, 3.05) is 11.9 Å². The van der Waals surface area contributed by atoms with E-state index in [-0.39, 0.29) is 23.4 Å². The van der Waals surface area contributed by atoms with Gasteiger partial charge in [-0.3, -0.25) is 14.4 Å². The minimum atomic E-state index is -0.761. The number of benzene rings is 2. The third kappa shape index (κ3) is 5.37. The van der Waals surface area contributed by atoms with Crippen LogP contribution in [0.3, 0.4) is 0 Å². The summed E-state index contributed by atoms with van der Waals surface area (Å²) in [6.07, 6.45) is 0. The topological polar surface area (TPSA) is 125 Å². The van der Waals surface area contributed by atoms with Gasteiger partial charge in [-0.05, 0) is 36.4 Å². The molecule has 0 aliphatic carbocycles. The van der Waals surface area contributed by atoms with Crippen molar-refractivity contribution in [3.63, 3.8) is 0 Å². The number of anilines is 1. The van der Waals surface area contributed by atoms with E-state index in [1.807, 2.05) is 0 Å². The van der Waals surface area contributed by atoms with Crippen molar-refractivity contribution in [2.45, 2.75) is 0 Å². The zero-order chi connectivity index (χ0) is 18.6. The molecule has 0 radical (unpaired) electrons.